The molecule has 3 fully saturated rings. The molecule has 10 heteroatoms. The Morgan fingerprint density at radius 1 is 0.639 bits per heavy atom. The fourth-order valence-corrected chi connectivity index (χ4v) is 15.0. The Kier molecular flexibility index (Phi) is 11.3. The third-order valence-corrected chi connectivity index (χ3v) is 17.9. The number of esters is 2. The van der Waals surface area contributed by atoms with Crippen molar-refractivity contribution in [2.24, 2.45) is 17.8 Å². The van der Waals surface area contributed by atoms with Gasteiger partial charge < -0.3 is 39.4 Å². The predicted octanol–water partition coefficient (Wildman–Crippen LogP) is 11.5. The first-order chi connectivity index (χ1) is 34.9. The SMILES string of the molecule is COc1cc2c(cc1O)[C@@H]1C[C@H](O)[C@H]3Cc4cc(O)c(OC)cc4[C@H]4C[C@H](OC(=O)C5(c6ccc7cc(O)cc(-c8ccccc8)c7c6)CCCC5)C[C@@H](OC(C)=O)[C@@H](C2)[C@]1(c1ccc2ccccc2c1)[C@H]34. The van der Waals surface area contributed by atoms with Crippen molar-refractivity contribution >= 4 is 33.5 Å². The Bertz CT molecular complexity index is 3290. The van der Waals surface area contributed by atoms with Crippen molar-refractivity contribution in [1.82, 2.24) is 0 Å². The molecule has 3 saturated carbocycles. The summed E-state index contributed by atoms with van der Waals surface area (Å²) in [6.07, 6.45) is 2.45. The number of phenols is 3. The van der Waals surface area contributed by atoms with E-state index >= 15 is 4.79 Å². The van der Waals surface area contributed by atoms with Crippen molar-refractivity contribution in [2.45, 2.75) is 106 Å². The van der Waals surface area contributed by atoms with Gasteiger partial charge in [0.1, 0.15) is 18.0 Å². The zero-order chi connectivity index (χ0) is 49.6. The molecule has 72 heavy (non-hydrogen) atoms. The molecule has 0 spiro atoms. The molecule has 5 aliphatic carbocycles. The molecule has 0 radical (unpaired) electrons. The number of aliphatic hydroxyl groups is 1. The molecule has 4 N–H and O–H groups in total. The largest absolute Gasteiger partial charge is 0.508 e. The number of aliphatic hydroxyl groups excluding tert-OH is 1. The van der Waals surface area contributed by atoms with Crippen LogP contribution in [0.1, 0.15) is 97.1 Å². The van der Waals surface area contributed by atoms with Crippen molar-refractivity contribution in [3.8, 4) is 39.9 Å². The number of phenolic OH excluding ortho intramolecular Hbond substituents is 3. The quantitative estimate of drug-likeness (QED) is 0.108. The molecule has 0 amide bonds. The van der Waals surface area contributed by atoms with E-state index in [1.165, 1.54) is 14.0 Å². The summed E-state index contributed by atoms with van der Waals surface area (Å²) in [7, 11) is 3.08. The lowest BCUT2D eigenvalue weighted by Gasteiger charge is -2.66. The standard InChI is InChI=1S/C62H60O10/c1-34(63)71-56-30-44(72-60(68)61(19-9-10-20-61)41-17-16-38-22-43(64)28-46(45(38)27-41)36-12-5-4-6-13-36)29-49-47-32-58(70-3)54(66)25-39(47)23-50-53(65)33-51-48-31-55(67)57(69-2)26-40(48)24-52(56)62(51,59(49)50)42-18-15-35-11-7-8-14-37(35)21-42/h4-8,11-18,21-22,25-28,31-32,44,49-53,56,59,64-67H,9-10,19-20,23-24,29-30,33H2,1-3H3/t44-,49+,50+,51-,52+,53-,56+,59-,62+/m0/s1. The summed E-state index contributed by atoms with van der Waals surface area (Å²) in [5.74, 6) is -1.62. The van der Waals surface area contributed by atoms with E-state index < -0.39 is 41.0 Å². The van der Waals surface area contributed by atoms with Crippen LogP contribution in [-0.2, 0) is 42.7 Å². The topological polar surface area (TPSA) is 152 Å². The third kappa shape index (κ3) is 7.22. The predicted molar refractivity (Wildman–Crippen MR) is 275 cm³/mol. The molecular weight excluding hydrogens is 905 g/mol. The lowest BCUT2D eigenvalue weighted by Crippen LogP contribution is -2.65. The van der Waals surface area contributed by atoms with Crippen LogP contribution in [0.4, 0.5) is 0 Å². The molecule has 7 aromatic carbocycles. The summed E-state index contributed by atoms with van der Waals surface area (Å²) >= 11 is 0. The van der Waals surface area contributed by atoms with E-state index in [0.29, 0.717) is 50.0 Å². The fourth-order valence-electron chi connectivity index (χ4n) is 15.0. The van der Waals surface area contributed by atoms with E-state index in [2.05, 4.69) is 36.4 Å². The number of rotatable bonds is 8. The van der Waals surface area contributed by atoms with Gasteiger partial charge in [-0.05, 0) is 171 Å². The van der Waals surface area contributed by atoms with Crippen molar-refractivity contribution in [1.29, 1.82) is 0 Å². The summed E-state index contributed by atoms with van der Waals surface area (Å²) < 4.78 is 25.3. The van der Waals surface area contributed by atoms with Gasteiger partial charge in [-0.3, -0.25) is 9.59 Å². The number of hydrogen-bond acceptors (Lipinski definition) is 10. The Hall–Kier alpha value is -7.04. The van der Waals surface area contributed by atoms with Crippen molar-refractivity contribution in [3.63, 3.8) is 0 Å². The van der Waals surface area contributed by atoms with Crippen LogP contribution in [0, 0.1) is 17.8 Å². The summed E-state index contributed by atoms with van der Waals surface area (Å²) in [5.41, 5.74) is 5.73. The number of fused-ring (bicyclic) bond motifs is 6. The first kappa shape index (κ1) is 46.1. The highest BCUT2D eigenvalue weighted by Gasteiger charge is 2.67. The Labute approximate surface area is 419 Å². The zero-order valence-electron chi connectivity index (χ0n) is 40.8. The molecule has 5 aliphatic rings. The van der Waals surface area contributed by atoms with Gasteiger partial charge in [-0.25, -0.2) is 0 Å². The van der Waals surface area contributed by atoms with Gasteiger partial charge in [0.2, 0.25) is 0 Å². The van der Waals surface area contributed by atoms with Crippen LogP contribution in [0.2, 0.25) is 0 Å². The summed E-state index contributed by atoms with van der Waals surface area (Å²) in [5, 5.41) is 50.5. The van der Waals surface area contributed by atoms with Crippen LogP contribution in [-0.4, -0.2) is 64.9 Å². The highest BCUT2D eigenvalue weighted by atomic mass is 16.6. The fraction of sp³-hybridized carbons (Fsp3) is 0.355. The number of aromatic hydroxyl groups is 3. The van der Waals surface area contributed by atoms with Gasteiger partial charge in [-0.1, -0.05) is 97.8 Å². The van der Waals surface area contributed by atoms with Gasteiger partial charge in [0.25, 0.3) is 0 Å². The average Bonchev–Trinajstić information content (AvgIpc) is 3.89. The second kappa shape index (κ2) is 17.6. The first-order valence-corrected chi connectivity index (χ1v) is 25.6. The smallest absolute Gasteiger partial charge is 0.316 e. The normalized spacial score (nSPS) is 26.8. The third-order valence-electron chi connectivity index (χ3n) is 17.9. The highest BCUT2D eigenvalue weighted by molar-refractivity contribution is 5.99. The molecule has 368 valence electrons. The van der Waals surface area contributed by atoms with Gasteiger partial charge in [-0.2, -0.15) is 0 Å². The molecule has 0 heterocycles. The molecule has 0 aliphatic heterocycles. The van der Waals surface area contributed by atoms with Crippen molar-refractivity contribution < 1.29 is 49.0 Å². The number of carbonyl (C=O) groups excluding carboxylic acids is 2. The first-order valence-electron chi connectivity index (χ1n) is 25.6. The molecule has 0 aromatic heterocycles. The number of methoxy groups -OCH3 is 2. The summed E-state index contributed by atoms with van der Waals surface area (Å²) in [4.78, 5) is 29.4. The van der Waals surface area contributed by atoms with E-state index in [4.69, 9.17) is 18.9 Å². The number of hydrogen-bond donors (Lipinski definition) is 4. The summed E-state index contributed by atoms with van der Waals surface area (Å²) in [6, 6.07) is 42.0. The van der Waals surface area contributed by atoms with E-state index in [9.17, 15) is 25.2 Å². The number of ether oxygens (including phenoxy) is 4. The van der Waals surface area contributed by atoms with Gasteiger partial charge in [0.15, 0.2) is 23.0 Å². The van der Waals surface area contributed by atoms with Gasteiger partial charge in [-0.15, -0.1) is 0 Å². The minimum absolute atomic E-state index is 0.0155. The molecule has 0 bridgehead atoms. The maximum Gasteiger partial charge on any atom is 0.316 e. The number of benzene rings is 7. The Balaban J connectivity index is 1.06. The van der Waals surface area contributed by atoms with Crippen LogP contribution < -0.4 is 9.47 Å². The van der Waals surface area contributed by atoms with Crippen LogP contribution in [0.25, 0.3) is 32.7 Å². The zero-order valence-corrected chi connectivity index (χ0v) is 40.8. The van der Waals surface area contributed by atoms with E-state index in [1.807, 2.05) is 72.8 Å². The van der Waals surface area contributed by atoms with E-state index in [1.54, 1.807) is 25.3 Å². The molecular formula is C62H60O10. The second-order valence-electron chi connectivity index (χ2n) is 21.3. The van der Waals surface area contributed by atoms with E-state index in [0.717, 1.165) is 78.9 Å². The molecule has 0 unspecified atom stereocenters. The number of carbonyl (C=O) groups is 2. The van der Waals surface area contributed by atoms with Gasteiger partial charge >= 0.3 is 11.9 Å². The van der Waals surface area contributed by atoms with Gasteiger partial charge in [0.05, 0.1) is 25.7 Å². The molecule has 7 aromatic rings. The lowest BCUT2D eigenvalue weighted by molar-refractivity contribution is -0.173. The van der Waals surface area contributed by atoms with Crippen molar-refractivity contribution in [3.05, 3.63) is 161 Å². The average molecular weight is 965 g/mol. The monoisotopic (exact) mass is 964 g/mol. The highest BCUT2D eigenvalue weighted by Crippen LogP contribution is 2.69. The Morgan fingerprint density at radius 3 is 2.10 bits per heavy atom. The minimum atomic E-state index is -0.968. The summed E-state index contributed by atoms with van der Waals surface area (Å²) in [6.45, 7) is 1.44. The molecule has 12 rings (SSSR count). The molecule has 9 atom stereocenters. The van der Waals surface area contributed by atoms with Crippen LogP contribution in [0.5, 0.6) is 28.7 Å². The van der Waals surface area contributed by atoms with Crippen LogP contribution in [0.15, 0.2) is 127 Å². The molecule has 0 saturated heterocycles. The van der Waals surface area contributed by atoms with Crippen LogP contribution >= 0.6 is 0 Å². The van der Waals surface area contributed by atoms with Crippen LogP contribution in [0.3, 0.4) is 0 Å². The van der Waals surface area contributed by atoms with E-state index in [-0.39, 0.29) is 53.3 Å². The maximum atomic E-state index is 15.7. The second-order valence-corrected chi connectivity index (χ2v) is 21.3. The van der Waals surface area contributed by atoms with Gasteiger partial charge in [0, 0.05) is 24.7 Å². The maximum absolute atomic E-state index is 15.7. The Morgan fingerprint density at radius 2 is 1.33 bits per heavy atom. The minimum Gasteiger partial charge on any atom is -0.508 e. The van der Waals surface area contributed by atoms with Crippen molar-refractivity contribution in [2.75, 3.05) is 14.2 Å². The molecule has 10 nitrogen and oxygen atoms in total. The lowest BCUT2D eigenvalue weighted by atomic mass is 9.38.